The summed E-state index contributed by atoms with van der Waals surface area (Å²) in [5.41, 5.74) is 1.95. The molecule has 0 saturated heterocycles. The van der Waals surface area contributed by atoms with Crippen molar-refractivity contribution in [3.05, 3.63) is 29.8 Å². The Labute approximate surface area is 125 Å². The van der Waals surface area contributed by atoms with Crippen LogP contribution in [0.5, 0.6) is 0 Å². The zero-order valence-electron chi connectivity index (χ0n) is 11.9. The molecule has 2 nitrogen and oxygen atoms in total. The minimum absolute atomic E-state index is 0.0751. The van der Waals surface area contributed by atoms with E-state index in [1.807, 2.05) is 38.1 Å². The molecule has 0 fully saturated rings. The lowest BCUT2D eigenvalue weighted by atomic mass is 10.00. The van der Waals surface area contributed by atoms with Crippen LogP contribution in [-0.2, 0) is 4.79 Å². The Morgan fingerprint density at radius 1 is 1.21 bits per heavy atom. The SMILES string of the molecule is CC(C)c1ccccc1N(CCl)C(=O)C(Cl)C(C)C. The third kappa shape index (κ3) is 3.87. The number of carbonyl (C=O) groups excluding carboxylic acids is 1. The molecular formula is C15H21Cl2NO. The number of nitrogens with zero attached hydrogens (tertiary/aromatic N) is 1. The summed E-state index contributed by atoms with van der Waals surface area (Å²) in [7, 11) is 0. The molecule has 1 rings (SSSR count). The standard InChI is InChI=1S/C15H21Cl2NO/c1-10(2)12-7-5-6-8-13(12)18(9-16)15(19)14(17)11(3)4/h5-8,10-11,14H,9H2,1-4H3. The monoisotopic (exact) mass is 301 g/mol. The summed E-state index contributed by atoms with van der Waals surface area (Å²) in [6.45, 7) is 8.04. The molecule has 1 aromatic rings. The maximum absolute atomic E-state index is 12.4. The Hall–Kier alpha value is -0.730. The zero-order valence-corrected chi connectivity index (χ0v) is 13.4. The van der Waals surface area contributed by atoms with Crippen molar-refractivity contribution >= 4 is 34.8 Å². The molecule has 1 amide bonds. The second-order valence-corrected chi connectivity index (χ2v) is 5.95. The van der Waals surface area contributed by atoms with E-state index in [1.165, 1.54) is 0 Å². The summed E-state index contributed by atoms with van der Waals surface area (Å²) in [5, 5.41) is -0.557. The Balaban J connectivity index is 3.14. The third-order valence-corrected chi connectivity index (χ3v) is 3.99. The van der Waals surface area contributed by atoms with Gasteiger partial charge in [-0.05, 0) is 23.5 Å². The summed E-state index contributed by atoms with van der Waals surface area (Å²) in [5.74, 6) is 0.258. The van der Waals surface area contributed by atoms with Gasteiger partial charge in [0.1, 0.15) is 11.4 Å². The average Bonchev–Trinajstić information content (AvgIpc) is 2.38. The number of halogens is 2. The molecule has 0 spiro atoms. The van der Waals surface area contributed by atoms with Gasteiger partial charge in [-0.2, -0.15) is 0 Å². The van der Waals surface area contributed by atoms with Gasteiger partial charge in [-0.3, -0.25) is 9.69 Å². The Morgan fingerprint density at radius 3 is 2.26 bits per heavy atom. The van der Waals surface area contributed by atoms with Crippen molar-refractivity contribution in [3.8, 4) is 0 Å². The molecular weight excluding hydrogens is 281 g/mol. The van der Waals surface area contributed by atoms with Crippen molar-refractivity contribution in [2.24, 2.45) is 5.92 Å². The number of hydrogen-bond acceptors (Lipinski definition) is 1. The normalized spacial score (nSPS) is 12.8. The summed E-state index contributed by atoms with van der Waals surface area (Å²) < 4.78 is 0. The fourth-order valence-electron chi connectivity index (χ4n) is 1.90. The van der Waals surface area contributed by atoms with Gasteiger partial charge in [0.15, 0.2) is 0 Å². The maximum atomic E-state index is 12.4. The second-order valence-electron chi connectivity index (χ2n) is 5.25. The summed E-state index contributed by atoms with van der Waals surface area (Å²) in [4.78, 5) is 14.0. The van der Waals surface area contributed by atoms with Crippen molar-refractivity contribution < 1.29 is 4.79 Å². The minimum atomic E-state index is -0.557. The van der Waals surface area contributed by atoms with E-state index in [4.69, 9.17) is 23.2 Å². The molecule has 106 valence electrons. The lowest BCUT2D eigenvalue weighted by Gasteiger charge is -2.27. The second kappa shape index (κ2) is 7.16. The topological polar surface area (TPSA) is 20.3 Å². The average molecular weight is 302 g/mol. The smallest absolute Gasteiger partial charge is 0.246 e. The van der Waals surface area contributed by atoms with Gasteiger partial charge in [-0.1, -0.05) is 45.9 Å². The number of hydrogen-bond donors (Lipinski definition) is 0. The molecule has 0 aromatic heterocycles. The summed E-state index contributed by atoms with van der Waals surface area (Å²) >= 11 is 12.1. The number of carbonyl (C=O) groups is 1. The van der Waals surface area contributed by atoms with Gasteiger partial charge in [0.05, 0.1) is 0 Å². The van der Waals surface area contributed by atoms with Crippen LogP contribution in [0, 0.1) is 5.92 Å². The zero-order chi connectivity index (χ0) is 14.6. The number of para-hydroxylation sites is 1. The van der Waals surface area contributed by atoms with E-state index in [0.29, 0.717) is 5.92 Å². The molecule has 0 aliphatic rings. The molecule has 0 aliphatic heterocycles. The van der Waals surface area contributed by atoms with Crippen LogP contribution in [0.3, 0.4) is 0 Å². The molecule has 0 N–H and O–H groups in total. The molecule has 1 atom stereocenters. The molecule has 1 aromatic carbocycles. The largest absolute Gasteiger partial charge is 0.297 e. The van der Waals surface area contributed by atoms with Gasteiger partial charge < -0.3 is 0 Å². The molecule has 0 radical (unpaired) electrons. The van der Waals surface area contributed by atoms with Crippen LogP contribution in [0.25, 0.3) is 0 Å². The van der Waals surface area contributed by atoms with E-state index in [1.54, 1.807) is 4.90 Å². The molecule has 1 unspecified atom stereocenters. The number of amides is 1. The molecule has 19 heavy (non-hydrogen) atoms. The predicted octanol–water partition coefficient (Wildman–Crippen LogP) is 4.60. The fraction of sp³-hybridized carbons (Fsp3) is 0.533. The van der Waals surface area contributed by atoms with Crippen LogP contribution in [0.4, 0.5) is 5.69 Å². The van der Waals surface area contributed by atoms with Crippen LogP contribution < -0.4 is 4.90 Å². The van der Waals surface area contributed by atoms with Gasteiger partial charge in [0, 0.05) is 5.69 Å². The summed E-state index contributed by atoms with van der Waals surface area (Å²) in [6, 6.07) is 7.92. The highest BCUT2D eigenvalue weighted by Gasteiger charge is 2.27. The van der Waals surface area contributed by atoms with Crippen LogP contribution in [0.2, 0.25) is 0 Å². The van der Waals surface area contributed by atoms with Gasteiger partial charge in [0.2, 0.25) is 5.91 Å². The van der Waals surface area contributed by atoms with Gasteiger partial charge >= 0.3 is 0 Å². The summed E-state index contributed by atoms with van der Waals surface area (Å²) in [6.07, 6.45) is 0. The quantitative estimate of drug-likeness (QED) is 0.575. The molecule has 4 heteroatoms. The highest BCUT2D eigenvalue weighted by molar-refractivity contribution is 6.34. The van der Waals surface area contributed by atoms with Gasteiger partial charge in [-0.25, -0.2) is 0 Å². The van der Waals surface area contributed by atoms with Crippen molar-refractivity contribution in [2.45, 2.75) is 39.0 Å². The van der Waals surface area contributed by atoms with E-state index < -0.39 is 5.38 Å². The minimum Gasteiger partial charge on any atom is -0.297 e. The Morgan fingerprint density at radius 2 is 1.79 bits per heavy atom. The molecule has 0 bridgehead atoms. The number of benzene rings is 1. The van der Waals surface area contributed by atoms with Crippen molar-refractivity contribution in [2.75, 3.05) is 10.9 Å². The van der Waals surface area contributed by atoms with E-state index in [0.717, 1.165) is 11.3 Å². The third-order valence-electron chi connectivity index (χ3n) is 3.06. The van der Waals surface area contributed by atoms with Gasteiger partial charge in [0.25, 0.3) is 0 Å². The number of rotatable bonds is 5. The predicted molar refractivity (Wildman–Crippen MR) is 83.2 cm³/mol. The Bertz CT molecular complexity index is 432. The lowest BCUT2D eigenvalue weighted by molar-refractivity contribution is -0.118. The van der Waals surface area contributed by atoms with E-state index >= 15 is 0 Å². The van der Waals surface area contributed by atoms with Crippen LogP contribution in [-0.4, -0.2) is 17.3 Å². The highest BCUT2D eigenvalue weighted by Crippen LogP contribution is 2.29. The Kier molecular flexibility index (Phi) is 6.15. The first-order valence-corrected chi connectivity index (χ1v) is 7.47. The highest BCUT2D eigenvalue weighted by atomic mass is 35.5. The first kappa shape index (κ1) is 16.3. The first-order chi connectivity index (χ1) is 8.90. The van der Waals surface area contributed by atoms with Crippen molar-refractivity contribution in [1.29, 1.82) is 0 Å². The molecule has 0 heterocycles. The van der Waals surface area contributed by atoms with Crippen LogP contribution >= 0.6 is 23.2 Å². The fourth-order valence-corrected chi connectivity index (χ4v) is 2.26. The number of anilines is 1. The van der Waals surface area contributed by atoms with E-state index in [-0.39, 0.29) is 17.8 Å². The van der Waals surface area contributed by atoms with Crippen LogP contribution in [0.15, 0.2) is 24.3 Å². The first-order valence-electron chi connectivity index (χ1n) is 6.50. The molecule has 0 saturated carbocycles. The van der Waals surface area contributed by atoms with E-state index in [9.17, 15) is 4.79 Å². The van der Waals surface area contributed by atoms with E-state index in [2.05, 4.69) is 13.8 Å². The number of alkyl halides is 2. The molecule has 0 aliphatic carbocycles. The van der Waals surface area contributed by atoms with Crippen molar-refractivity contribution in [1.82, 2.24) is 0 Å². The maximum Gasteiger partial charge on any atom is 0.246 e. The van der Waals surface area contributed by atoms with Gasteiger partial charge in [-0.15, -0.1) is 23.2 Å². The van der Waals surface area contributed by atoms with Crippen molar-refractivity contribution in [3.63, 3.8) is 0 Å². The lowest BCUT2D eigenvalue weighted by Crippen LogP contribution is -2.39. The van der Waals surface area contributed by atoms with Crippen LogP contribution in [0.1, 0.15) is 39.2 Å².